The summed E-state index contributed by atoms with van der Waals surface area (Å²) in [5, 5.41) is 7.20. The second-order valence-corrected chi connectivity index (χ2v) is 11.4. The highest BCUT2D eigenvalue weighted by atomic mass is 32.1. The smallest absolute Gasteiger partial charge is 0.355 e. The number of anilines is 1. The average molecular weight is 553 g/mol. The van der Waals surface area contributed by atoms with Crippen LogP contribution in [0.15, 0.2) is 66.3 Å². The predicted molar refractivity (Wildman–Crippen MR) is 146 cm³/mol. The number of alkyl halides is 3. The highest BCUT2D eigenvalue weighted by Gasteiger charge is 2.30. The molecule has 1 aliphatic heterocycles. The molecule has 2 aromatic carbocycles. The lowest BCUT2D eigenvalue weighted by atomic mass is 9.96. The number of benzene rings is 2. The summed E-state index contributed by atoms with van der Waals surface area (Å²) in [5.41, 5.74) is 1.10. The Kier molecular flexibility index (Phi) is 6.53. The van der Waals surface area contributed by atoms with Crippen molar-refractivity contribution in [1.82, 2.24) is 15.3 Å². The maximum absolute atomic E-state index is 13.1. The van der Waals surface area contributed by atoms with Gasteiger partial charge in [0.1, 0.15) is 17.0 Å². The third-order valence-electron chi connectivity index (χ3n) is 6.88. The van der Waals surface area contributed by atoms with Crippen molar-refractivity contribution in [2.75, 3.05) is 18.0 Å². The topological polar surface area (TPSA) is 58.1 Å². The quantitative estimate of drug-likeness (QED) is 0.252. The molecule has 6 rings (SSSR count). The van der Waals surface area contributed by atoms with Crippen LogP contribution in [0.3, 0.4) is 0 Å². The van der Waals surface area contributed by atoms with Gasteiger partial charge in [0.05, 0.1) is 16.9 Å². The van der Waals surface area contributed by atoms with Crippen molar-refractivity contribution in [1.29, 1.82) is 0 Å². The Balaban J connectivity index is 1.17. The Labute approximate surface area is 225 Å². The Bertz CT molecular complexity index is 1610. The van der Waals surface area contributed by atoms with Crippen molar-refractivity contribution in [3.8, 4) is 10.4 Å². The van der Waals surface area contributed by atoms with Gasteiger partial charge in [-0.05, 0) is 71.1 Å². The molecule has 1 saturated heterocycles. The number of amides is 1. The Morgan fingerprint density at radius 1 is 1.08 bits per heavy atom. The SMILES string of the molecule is O=C(NCc1ccc2sccc2c1)[C@H]1CCCN(c2ncnc3sc(-c4ccc(C(F)(F)F)cc4)cc23)C1. The van der Waals surface area contributed by atoms with E-state index in [1.807, 2.05) is 6.07 Å². The minimum absolute atomic E-state index is 0.0289. The van der Waals surface area contributed by atoms with Crippen LogP contribution in [0.5, 0.6) is 0 Å². The molecule has 0 saturated carbocycles. The number of carbonyl (C=O) groups excluding carboxylic acids is 1. The second kappa shape index (κ2) is 9.99. The van der Waals surface area contributed by atoms with E-state index < -0.39 is 11.7 Å². The van der Waals surface area contributed by atoms with E-state index in [1.54, 1.807) is 11.3 Å². The number of nitrogens with zero attached hydrogens (tertiary/aromatic N) is 3. The number of hydrogen-bond acceptors (Lipinski definition) is 6. The van der Waals surface area contributed by atoms with Crippen LogP contribution >= 0.6 is 22.7 Å². The van der Waals surface area contributed by atoms with Crippen LogP contribution in [-0.4, -0.2) is 29.0 Å². The average Bonchev–Trinajstić information content (AvgIpc) is 3.58. The van der Waals surface area contributed by atoms with Crippen LogP contribution in [-0.2, 0) is 17.5 Å². The molecule has 0 aliphatic carbocycles. The number of fused-ring (bicyclic) bond motifs is 2. The molecule has 3 aromatic heterocycles. The minimum atomic E-state index is -4.37. The first-order chi connectivity index (χ1) is 18.3. The summed E-state index contributed by atoms with van der Waals surface area (Å²) < 4.78 is 40.1. The maximum Gasteiger partial charge on any atom is 0.416 e. The summed E-state index contributed by atoms with van der Waals surface area (Å²) in [7, 11) is 0. The number of aromatic nitrogens is 2. The van der Waals surface area contributed by atoms with Crippen molar-refractivity contribution in [3.63, 3.8) is 0 Å². The van der Waals surface area contributed by atoms with Gasteiger partial charge in [0.25, 0.3) is 0 Å². The molecule has 194 valence electrons. The van der Waals surface area contributed by atoms with Crippen LogP contribution in [0.4, 0.5) is 19.0 Å². The molecule has 1 atom stereocenters. The van der Waals surface area contributed by atoms with Crippen LogP contribution < -0.4 is 10.2 Å². The van der Waals surface area contributed by atoms with E-state index >= 15 is 0 Å². The third-order valence-corrected chi connectivity index (χ3v) is 8.87. The number of halogens is 3. The summed E-state index contributed by atoms with van der Waals surface area (Å²) in [4.78, 5) is 25.7. The minimum Gasteiger partial charge on any atom is -0.355 e. The highest BCUT2D eigenvalue weighted by molar-refractivity contribution is 7.22. The molecule has 0 unspecified atom stereocenters. The highest BCUT2D eigenvalue weighted by Crippen LogP contribution is 2.38. The van der Waals surface area contributed by atoms with Crippen molar-refractivity contribution in [3.05, 3.63) is 77.4 Å². The van der Waals surface area contributed by atoms with Crippen molar-refractivity contribution >= 4 is 54.7 Å². The van der Waals surface area contributed by atoms with Crippen molar-refractivity contribution in [2.45, 2.75) is 25.6 Å². The summed E-state index contributed by atoms with van der Waals surface area (Å²) in [6, 6.07) is 15.4. The zero-order valence-electron chi connectivity index (χ0n) is 20.2. The first-order valence-corrected chi connectivity index (χ1v) is 14.0. The molecule has 10 heteroatoms. The lowest BCUT2D eigenvalue weighted by Crippen LogP contribution is -2.43. The van der Waals surface area contributed by atoms with E-state index in [0.29, 0.717) is 18.7 Å². The summed E-state index contributed by atoms with van der Waals surface area (Å²) in [6.07, 6.45) is -1.19. The fourth-order valence-corrected chi connectivity index (χ4v) is 6.67. The van der Waals surface area contributed by atoms with Gasteiger partial charge in [0, 0.05) is 29.2 Å². The number of thiophene rings is 2. The van der Waals surface area contributed by atoms with Gasteiger partial charge in [-0.1, -0.05) is 18.2 Å². The van der Waals surface area contributed by atoms with E-state index in [4.69, 9.17) is 0 Å². The van der Waals surface area contributed by atoms with Gasteiger partial charge >= 0.3 is 6.18 Å². The van der Waals surface area contributed by atoms with Gasteiger partial charge in [0.2, 0.25) is 5.91 Å². The third kappa shape index (κ3) is 4.98. The normalized spacial score (nSPS) is 16.3. The number of piperidine rings is 1. The molecule has 0 radical (unpaired) electrons. The monoisotopic (exact) mass is 552 g/mol. The molecule has 1 aliphatic rings. The van der Waals surface area contributed by atoms with E-state index in [9.17, 15) is 18.0 Å². The number of rotatable bonds is 5. The summed E-state index contributed by atoms with van der Waals surface area (Å²) in [5.74, 6) is 0.623. The molecule has 5 nitrogen and oxygen atoms in total. The molecule has 0 spiro atoms. The summed E-state index contributed by atoms with van der Waals surface area (Å²) in [6.45, 7) is 1.81. The lowest BCUT2D eigenvalue weighted by Gasteiger charge is -2.33. The largest absolute Gasteiger partial charge is 0.416 e. The molecule has 5 aromatic rings. The molecule has 38 heavy (non-hydrogen) atoms. The van der Waals surface area contributed by atoms with Crippen LogP contribution in [0, 0.1) is 5.92 Å². The Morgan fingerprint density at radius 2 is 1.92 bits per heavy atom. The van der Waals surface area contributed by atoms with Gasteiger partial charge in [-0.15, -0.1) is 22.7 Å². The predicted octanol–water partition coefficient (Wildman–Crippen LogP) is 7.12. The fourth-order valence-electron chi connectivity index (χ4n) is 4.90. The molecular formula is C28H23F3N4OS2. The van der Waals surface area contributed by atoms with Crippen LogP contribution in [0.2, 0.25) is 0 Å². The van der Waals surface area contributed by atoms with E-state index in [1.165, 1.54) is 39.9 Å². The zero-order valence-corrected chi connectivity index (χ0v) is 21.8. The Morgan fingerprint density at radius 3 is 2.74 bits per heavy atom. The van der Waals surface area contributed by atoms with Gasteiger partial charge in [-0.2, -0.15) is 13.2 Å². The number of nitrogens with one attached hydrogen (secondary N) is 1. The second-order valence-electron chi connectivity index (χ2n) is 9.40. The Hall–Kier alpha value is -3.50. The molecule has 0 bridgehead atoms. The first-order valence-electron chi connectivity index (χ1n) is 12.3. The lowest BCUT2D eigenvalue weighted by molar-refractivity contribution is -0.137. The fraction of sp³-hybridized carbons (Fsp3) is 0.250. The molecule has 1 fully saturated rings. The molecular weight excluding hydrogens is 529 g/mol. The van der Waals surface area contributed by atoms with E-state index in [2.05, 4.69) is 49.8 Å². The van der Waals surface area contributed by atoms with Crippen molar-refractivity contribution in [2.24, 2.45) is 5.92 Å². The van der Waals surface area contributed by atoms with E-state index in [0.717, 1.165) is 58.0 Å². The standard InChI is InChI=1S/C28H23F3N4OS2/c29-28(30,31)21-6-4-18(5-7-21)24-13-22-25(33-16-34-27(22)38-24)35-10-1-2-20(15-35)26(36)32-14-17-3-8-23-19(12-17)9-11-37-23/h3-9,11-13,16,20H,1-2,10,14-15H2,(H,32,36)/t20-/m0/s1. The van der Waals surface area contributed by atoms with E-state index in [-0.39, 0.29) is 11.8 Å². The molecule has 1 N–H and O–H groups in total. The first kappa shape index (κ1) is 24.8. The number of hydrogen-bond donors (Lipinski definition) is 1. The molecule has 4 heterocycles. The van der Waals surface area contributed by atoms with Gasteiger partial charge in [-0.25, -0.2) is 9.97 Å². The van der Waals surface area contributed by atoms with Gasteiger partial charge in [-0.3, -0.25) is 4.79 Å². The zero-order chi connectivity index (χ0) is 26.3. The molecule has 1 amide bonds. The van der Waals surface area contributed by atoms with Crippen molar-refractivity contribution < 1.29 is 18.0 Å². The van der Waals surface area contributed by atoms with Gasteiger partial charge < -0.3 is 10.2 Å². The van der Waals surface area contributed by atoms with Gasteiger partial charge in [0.15, 0.2) is 0 Å². The maximum atomic E-state index is 13.1. The van der Waals surface area contributed by atoms with Crippen LogP contribution in [0.1, 0.15) is 24.0 Å². The number of carbonyl (C=O) groups is 1. The van der Waals surface area contributed by atoms with Crippen LogP contribution in [0.25, 0.3) is 30.7 Å². The summed E-state index contributed by atoms with van der Waals surface area (Å²) >= 11 is 3.12.